The lowest BCUT2D eigenvalue weighted by molar-refractivity contribution is -0.132. The Hall–Kier alpha value is -3.94. The number of hydrogen-bond donors (Lipinski definition) is 2. The van der Waals surface area contributed by atoms with E-state index in [0.717, 1.165) is 16.5 Å². The van der Waals surface area contributed by atoms with Gasteiger partial charge in [-0.1, -0.05) is 59.6 Å². The van der Waals surface area contributed by atoms with Crippen LogP contribution in [0.2, 0.25) is 10.0 Å². The van der Waals surface area contributed by atoms with Gasteiger partial charge in [-0.05, 0) is 30.7 Å². The molecule has 1 aliphatic rings. The first-order valence-electron chi connectivity index (χ1n) is 11.3. The molecule has 9 heteroatoms. The number of halogens is 2. The highest BCUT2D eigenvalue weighted by Gasteiger charge is 2.48. The Kier molecular flexibility index (Phi) is 6.35. The average molecular weight is 537 g/mol. The quantitative estimate of drug-likeness (QED) is 0.174. The van der Waals surface area contributed by atoms with Crippen LogP contribution in [-0.4, -0.2) is 36.0 Å². The Bertz CT molecular complexity index is 1610. The zero-order valence-corrected chi connectivity index (χ0v) is 21.6. The molecule has 5 rings (SSSR count). The smallest absolute Gasteiger partial charge is 0.300 e. The molecule has 2 heterocycles. The van der Waals surface area contributed by atoms with Crippen LogP contribution < -0.4 is 14.4 Å². The van der Waals surface area contributed by atoms with E-state index in [4.69, 9.17) is 32.7 Å². The van der Waals surface area contributed by atoms with Gasteiger partial charge in [0.2, 0.25) is 0 Å². The van der Waals surface area contributed by atoms with Crippen LogP contribution in [0.5, 0.6) is 11.5 Å². The summed E-state index contributed by atoms with van der Waals surface area (Å²) in [5.74, 6) is -1.87. The van der Waals surface area contributed by atoms with E-state index in [1.807, 2.05) is 43.3 Å². The second kappa shape index (κ2) is 9.50. The van der Waals surface area contributed by atoms with Crippen LogP contribution in [0.4, 0.5) is 5.69 Å². The number of benzene rings is 3. The number of nitrogens with zero attached hydrogens (tertiary/aromatic N) is 1. The van der Waals surface area contributed by atoms with Crippen molar-refractivity contribution >= 4 is 57.2 Å². The Labute approximate surface area is 222 Å². The molecule has 1 unspecified atom stereocenters. The molecule has 3 aromatic carbocycles. The predicted octanol–water partition coefficient (Wildman–Crippen LogP) is 6.43. The summed E-state index contributed by atoms with van der Waals surface area (Å²) in [6.07, 6.45) is 1.74. The van der Waals surface area contributed by atoms with Gasteiger partial charge in [0.1, 0.15) is 10.8 Å². The summed E-state index contributed by atoms with van der Waals surface area (Å²) in [4.78, 5) is 31.8. The molecule has 1 atom stereocenters. The van der Waals surface area contributed by atoms with Gasteiger partial charge in [-0.15, -0.1) is 0 Å². The Balaban J connectivity index is 1.84. The molecule has 7 nitrogen and oxygen atoms in total. The number of rotatable bonds is 5. The third kappa shape index (κ3) is 3.82. The molecule has 37 heavy (non-hydrogen) atoms. The number of carbonyl (C=O) groups excluding carboxylic acids is 2. The number of nitrogens with one attached hydrogen (secondary N) is 1. The van der Waals surface area contributed by atoms with Crippen LogP contribution in [-0.2, 0) is 9.59 Å². The number of aromatic nitrogens is 1. The monoisotopic (exact) mass is 536 g/mol. The SMILES string of the molecule is COc1c(Cl)cc(/C(O)=C2\C(=O)C(=O)N(c3ccccc3C)C2c2c[nH]c3ccccc23)c(OC)c1Cl. The topological polar surface area (TPSA) is 91.9 Å². The number of ketones is 1. The molecule has 0 bridgehead atoms. The normalized spacial score (nSPS) is 17.0. The molecule has 4 aromatic rings. The van der Waals surface area contributed by atoms with E-state index in [9.17, 15) is 14.7 Å². The number of Topliss-reactive ketones (excluding diaryl/α,β-unsaturated/α-hetero) is 1. The van der Waals surface area contributed by atoms with E-state index >= 15 is 0 Å². The van der Waals surface area contributed by atoms with Gasteiger partial charge in [-0.3, -0.25) is 14.5 Å². The Morgan fingerprint density at radius 3 is 2.38 bits per heavy atom. The van der Waals surface area contributed by atoms with Crippen LogP contribution in [0.3, 0.4) is 0 Å². The number of hydrogen-bond acceptors (Lipinski definition) is 5. The van der Waals surface area contributed by atoms with Crippen molar-refractivity contribution in [3.63, 3.8) is 0 Å². The molecule has 1 fully saturated rings. The van der Waals surface area contributed by atoms with E-state index in [-0.39, 0.29) is 32.7 Å². The summed E-state index contributed by atoms with van der Waals surface area (Å²) >= 11 is 12.8. The summed E-state index contributed by atoms with van der Waals surface area (Å²) in [7, 11) is 2.77. The van der Waals surface area contributed by atoms with Crippen molar-refractivity contribution in [1.82, 2.24) is 4.98 Å². The lowest BCUT2D eigenvalue weighted by Crippen LogP contribution is -2.30. The molecule has 1 saturated heterocycles. The van der Waals surface area contributed by atoms with Crippen LogP contribution in [0.15, 0.2) is 66.4 Å². The van der Waals surface area contributed by atoms with Crippen LogP contribution in [0, 0.1) is 6.92 Å². The first-order valence-corrected chi connectivity index (χ1v) is 12.1. The third-order valence-corrected chi connectivity index (χ3v) is 7.15. The molecule has 0 aliphatic carbocycles. The molecule has 188 valence electrons. The van der Waals surface area contributed by atoms with Crippen molar-refractivity contribution in [2.45, 2.75) is 13.0 Å². The maximum atomic E-state index is 13.6. The maximum absolute atomic E-state index is 13.6. The number of H-pyrrole nitrogens is 1. The van der Waals surface area contributed by atoms with E-state index in [0.29, 0.717) is 11.3 Å². The molecular weight excluding hydrogens is 515 g/mol. The number of methoxy groups -OCH3 is 2. The van der Waals surface area contributed by atoms with E-state index in [1.165, 1.54) is 25.2 Å². The van der Waals surface area contributed by atoms with Gasteiger partial charge < -0.3 is 19.6 Å². The van der Waals surface area contributed by atoms with Crippen molar-refractivity contribution in [3.8, 4) is 11.5 Å². The Morgan fingerprint density at radius 1 is 1.00 bits per heavy atom. The largest absolute Gasteiger partial charge is 0.507 e. The minimum absolute atomic E-state index is 0.0239. The lowest BCUT2D eigenvalue weighted by atomic mass is 9.94. The van der Waals surface area contributed by atoms with Crippen LogP contribution in [0.1, 0.15) is 22.7 Å². The van der Waals surface area contributed by atoms with E-state index in [2.05, 4.69) is 4.98 Å². The number of carbonyl (C=O) groups is 2. The number of amides is 1. The fourth-order valence-electron chi connectivity index (χ4n) is 4.82. The van der Waals surface area contributed by atoms with E-state index in [1.54, 1.807) is 18.3 Å². The van der Waals surface area contributed by atoms with Gasteiger partial charge in [0.25, 0.3) is 11.7 Å². The standard InChI is InChI=1S/C28H22Cl2N2O5/c1-14-8-4-7-11-20(14)32-23(17-13-31-19-10-6-5-9-15(17)19)21(25(34)28(32)35)24(33)16-12-18(29)27(37-3)22(30)26(16)36-2/h4-13,23,31,33H,1-3H3/b24-21+. The zero-order valence-electron chi connectivity index (χ0n) is 20.1. The summed E-state index contributed by atoms with van der Waals surface area (Å²) in [6, 6.07) is 15.2. The average Bonchev–Trinajstić information content (AvgIpc) is 3.42. The first-order chi connectivity index (χ1) is 17.8. The number of ether oxygens (including phenoxy) is 2. The highest BCUT2D eigenvalue weighted by molar-refractivity contribution is 6.52. The summed E-state index contributed by atoms with van der Waals surface area (Å²) < 4.78 is 10.7. The lowest BCUT2D eigenvalue weighted by Gasteiger charge is -2.26. The number of anilines is 1. The number of para-hydroxylation sites is 2. The molecule has 0 radical (unpaired) electrons. The number of aromatic amines is 1. The molecular formula is C28H22Cl2N2O5. The van der Waals surface area contributed by atoms with Gasteiger partial charge in [-0.25, -0.2) is 0 Å². The van der Waals surface area contributed by atoms with E-state index < -0.39 is 23.5 Å². The van der Waals surface area contributed by atoms with Gasteiger partial charge >= 0.3 is 0 Å². The molecule has 0 spiro atoms. The van der Waals surface area contributed by atoms with Crippen molar-refractivity contribution in [3.05, 3.63) is 93.1 Å². The highest BCUT2D eigenvalue weighted by atomic mass is 35.5. The van der Waals surface area contributed by atoms with Crippen LogP contribution in [0.25, 0.3) is 16.7 Å². The molecule has 1 amide bonds. The predicted molar refractivity (Wildman–Crippen MR) is 144 cm³/mol. The van der Waals surface area contributed by atoms with Crippen molar-refractivity contribution < 1.29 is 24.2 Å². The van der Waals surface area contributed by atoms with Gasteiger partial charge in [0, 0.05) is 28.4 Å². The summed E-state index contributed by atoms with van der Waals surface area (Å²) in [6.45, 7) is 1.85. The number of aryl methyl sites for hydroxylation is 1. The Morgan fingerprint density at radius 2 is 1.68 bits per heavy atom. The zero-order chi connectivity index (χ0) is 26.4. The van der Waals surface area contributed by atoms with Gasteiger partial charge in [-0.2, -0.15) is 0 Å². The molecule has 1 aliphatic heterocycles. The van der Waals surface area contributed by atoms with Gasteiger partial charge in [0.05, 0.1) is 36.4 Å². The second-order valence-corrected chi connectivity index (χ2v) is 9.32. The van der Waals surface area contributed by atoms with Gasteiger partial charge in [0.15, 0.2) is 11.5 Å². The van der Waals surface area contributed by atoms with Crippen LogP contribution >= 0.6 is 23.2 Å². The second-order valence-electron chi connectivity index (χ2n) is 8.53. The first kappa shape index (κ1) is 24.7. The van der Waals surface area contributed by atoms with Crippen molar-refractivity contribution in [2.75, 3.05) is 19.1 Å². The summed E-state index contributed by atoms with van der Waals surface area (Å²) in [5, 5.41) is 12.6. The summed E-state index contributed by atoms with van der Waals surface area (Å²) in [5.41, 5.74) is 2.75. The third-order valence-electron chi connectivity index (χ3n) is 6.53. The van der Waals surface area contributed by atoms with Crippen molar-refractivity contribution in [1.29, 1.82) is 0 Å². The molecule has 2 N–H and O–H groups in total. The maximum Gasteiger partial charge on any atom is 0.300 e. The minimum atomic E-state index is -0.943. The number of fused-ring (bicyclic) bond motifs is 1. The highest BCUT2D eigenvalue weighted by Crippen LogP contribution is 2.49. The fourth-order valence-corrected chi connectivity index (χ4v) is 5.51. The number of aliphatic hydroxyl groups is 1. The molecule has 1 aromatic heterocycles. The van der Waals surface area contributed by atoms with Crippen molar-refractivity contribution in [2.24, 2.45) is 0 Å². The number of aliphatic hydroxyl groups excluding tert-OH is 1. The molecule has 0 saturated carbocycles. The fraction of sp³-hybridized carbons (Fsp3) is 0.143. The minimum Gasteiger partial charge on any atom is -0.507 e.